The van der Waals surface area contributed by atoms with E-state index < -0.39 is 0 Å². The molecule has 2 nitrogen and oxygen atoms in total. The van der Waals surface area contributed by atoms with E-state index in [-0.39, 0.29) is 11.9 Å². The minimum Gasteiger partial charge on any atom is -0.368 e. The van der Waals surface area contributed by atoms with E-state index in [0.29, 0.717) is 17.5 Å². The van der Waals surface area contributed by atoms with Gasteiger partial charge in [-0.1, -0.05) is 33.8 Å². The highest BCUT2D eigenvalue weighted by atomic mass is 19.1. The zero-order valence-electron chi connectivity index (χ0n) is 13.5. The molecule has 1 rings (SSSR count). The molecule has 3 heteroatoms. The summed E-state index contributed by atoms with van der Waals surface area (Å²) in [5.41, 5.74) is 7.60. The maximum absolute atomic E-state index is 14.2. The molecule has 0 aromatic heterocycles. The number of anilines is 1. The quantitative estimate of drug-likeness (QED) is 0.797. The van der Waals surface area contributed by atoms with Crippen LogP contribution in [0.1, 0.15) is 59.1 Å². The van der Waals surface area contributed by atoms with Crippen molar-refractivity contribution in [3.8, 4) is 0 Å². The number of rotatable bonds is 7. The summed E-state index contributed by atoms with van der Waals surface area (Å²) < 4.78 is 14.2. The van der Waals surface area contributed by atoms with E-state index in [9.17, 15) is 4.39 Å². The van der Waals surface area contributed by atoms with Crippen LogP contribution in [0.5, 0.6) is 0 Å². The summed E-state index contributed by atoms with van der Waals surface area (Å²) in [4.78, 5) is 2.34. The summed E-state index contributed by atoms with van der Waals surface area (Å²) in [6.07, 6.45) is 2.11. The molecule has 0 bridgehead atoms. The lowest BCUT2D eigenvalue weighted by atomic mass is 10.0. The monoisotopic (exact) mass is 280 g/mol. The van der Waals surface area contributed by atoms with E-state index in [1.54, 1.807) is 6.07 Å². The third kappa shape index (κ3) is 3.95. The highest BCUT2D eigenvalue weighted by Crippen LogP contribution is 2.31. The van der Waals surface area contributed by atoms with Crippen LogP contribution in [0.25, 0.3) is 0 Å². The summed E-state index contributed by atoms with van der Waals surface area (Å²) in [7, 11) is 0. The smallest absolute Gasteiger partial charge is 0.130 e. The first-order chi connectivity index (χ1) is 9.42. The minimum absolute atomic E-state index is 0.197. The SMILES string of the molecule is CCC(CC)N(CC(C)C)c1cccc(F)c1C(C)N. The van der Waals surface area contributed by atoms with Crippen LogP contribution in [-0.4, -0.2) is 12.6 Å². The average molecular weight is 280 g/mol. The van der Waals surface area contributed by atoms with Gasteiger partial charge in [-0.25, -0.2) is 4.39 Å². The fourth-order valence-electron chi connectivity index (χ4n) is 2.79. The zero-order chi connectivity index (χ0) is 15.3. The molecule has 0 saturated heterocycles. The van der Waals surface area contributed by atoms with Crippen LogP contribution in [0.15, 0.2) is 18.2 Å². The van der Waals surface area contributed by atoms with Gasteiger partial charge in [0.2, 0.25) is 0 Å². The Labute approximate surface area is 123 Å². The molecule has 0 saturated carbocycles. The first-order valence-electron chi connectivity index (χ1n) is 7.72. The van der Waals surface area contributed by atoms with E-state index in [4.69, 9.17) is 5.73 Å². The molecule has 2 N–H and O–H groups in total. The second-order valence-corrected chi connectivity index (χ2v) is 5.98. The van der Waals surface area contributed by atoms with Crippen LogP contribution < -0.4 is 10.6 Å². The second-order valence-electron chi connectivity index (χ2n) is 5.98. The van der Waals surface area contributed by atoms with Crippen molar-refractivity contribution in [3.05, 3.63) is 29.6 Å². The molecule has 20 heavy (non-hydrogen) atoms. The van der Waals surface area contributed by atoms with Crippen molar-refractivity contribution in [3.63, 3.8) is 0 Å². The van der Waals surface area contributed by atoms with Gasteiger partial charge in [0.05, 0.1) is 0 Å². The highest BCUT2D eigenvalue weighted by Gasteiger charge is 2.22. The summed E-state index contributed by atoms with van der Waals surface area (Å²) in [6.45, 7) is 11.5. The van der Waals surface area contributed by atoms with Gasteiger partial charge in [0, 0.05) is 29.9 Å². The van der Waals surface area contributed by atoms with E-state index in [0.717, 1.165) is 25.1 Å². The molecule has 0 aliphatic rings. The first-order valence-corrected chi connectivity index (χ1v) is 7.72. The molecule has 0 spiro atoms. The van der Waals surface area contributed by atoms with Crippen molar-refractivity contribution in [2.45, 2.75) is 59.5 Å². The Kier molecular flexibility index (Phi) is 6.47. The number of hydrogen-bond donors (Lipinski definition) is 1. The standard InChI is InChI=1S/C17H29FN2/c1-6-14(7-2)20(11-12(3)4)16-10-8-9-15(18)17(16)13(5)19/h8-10,12-14H,6-7,11,19H2,1-5H3. The molecule has 0 amide bonds. The zero-order valence-corrected chi connectivity index (χ0v) is 13.5. The Morgan fingerprint density at radius 2 is 1.75 bits per heavy atom. The lowest BCUT2D eigenvalue weighted by Crippen LogP contribution is -2.38. The molecular formula is C17H29FN2. The summed E-state index contributed by atoms with van der Waals surface area (Å²) in [5, 5.41) is 0. The third-order valence-electron chi connectivity index (χ3n) is 3.74. The number of hydrogen-bond acceptors (Lipinski definition) is 2. The number of halogens is 1. The number of nitrogens with zero attached hydrogens (tertiary/aromatic N) is 1. The lowest BCUT2D eigenvalue weighted by molar-refractivity contribution is 0.501. The van der Waals surface area contributed by atoms with Gasteiger partial charge >= 0.3 is 0 Å². The number of benzene rings is 1. The summed E-state index contributed by atoms with van der Waals surface area (Å²) in [6, 6.07) is 5.42. The van der Waals surface area contributed by atoms with Crippen LogP contribution in [0.3, 0.4) is 0 Å². The van der Waals surface area contributed by atoms with Crippen LogP contribution in [0.2, 0.25) is 0 Å². The largest absolute Gasteiger partial charge is 0.368 e. The van der Waals surface area contributed by atoms with E-state index in [1.807, 2.05) is 13.0 Å². The van der Waals surface area contributed by atoms with Gasteiger partial charge in [-0.3, -0.25) is 0 Å². The van der Waals surface area contributed by atoms with Crippen LogP contribution in [0.4, 0.5) is 10.1 Å². The number of nitrogens with two attached hydrogens (primary N) is 1. The van der Waals surface area contributed by atoms with Gasteiger partial charge < -0.3 is 10.6 Å². The molecule has 1 aromatic rings. The Bertz CT molecular complexity index is 411. The molecule has 1 aromatic carbocycles. The molecule has 0 aliphatic carbocycles. The fraction of sp³-hybridized carbons (Fsp3) is 0.647. The van der Waals surface area contributed by atoms with E-state index in [1.165, 1.54) is 6.07 Å². The van der Waals surface area contributed by atoms with Crippen molar-refractivity contribution < 1.29 is 4.39 Å². The normalized spacial score (nSPS) is 13.1. The van der Waals surface area contributed by atoms with Crippen LogP contribution in [-0.2, 0) is 0 Å². The molecule has 1 unspecified atom stereocenters. The van der Waals surface area contributed by atoms with Crippen molar-refractivity contribution in [1.82, 2.24) is 0 Å². The van der Waals surface area contributed by atoms with E-state index in [2.05, 4.69) is 32.6 Å². The fourth-order valence-corrected chi connectivity index (χ4v) is 2.79. The van der Waals surface area contributed by atoms with Gasteiger partial charge in [-0.2, -0.15) is 0 Å². The molecule has 114 valence electrons. The summed E-state index contributed by atoms with van der Waals surface area (Å²) in [5.74, 6) is 0.331. The predicted molar refractivity (Wildman–Crippen MR) is 85.6 cm³/mol. The average Bonchev–Trinajstić information content (AvgIpc) is 2.37. The van der Waals surface area contributed by atoms with Gasteiger partial charge in [0.25, 0.3) is 0 Å². The lowest BCUT2D eigenvalue weighted by Gasteiger charge is -2.36. The first kappa shape index (κ1) is 17.0. The molecule has 1 atom stereocenters. The highest BCUT2D eigenvalue weighted by molar-refractivity contribution is 5.56. The van der Waals surface area contributed by atoms with Crippen molar-refractivity contribution in [1.29, 1.82) is 0 Å². The van der Waals surface area contributed by atoms with Crippen molar-refractivity contribution in [2.24, 2.45) is 11.7 Å². The van der Waals surface area contributed by atoms with E-state index >= 15 is 0 Å². The Morgan fingerprint density at radius 1 is 1.15 bits per heavy atom. The van der Waals surface area contributed by atoms with Crippen LogP contribution in [0, 0.1) is 11.7 Å². The molecule has 0 radical (unpaired) electrons. The third-order valence-corrected chi connectivity index (χ3v) is 3.74. The maximum Gasteiger partial charge on any atom is 0.130 e. The maximum atomic E-state index is 14.2. The van der Waals surface area contributed by atoms with Gasteiger partial charge in [-0.15, -0.1) is 0 Å². The molecular weight excluding hydrogens is 251 g/mol. The Balaban J connectivity index is 3.29. The predicted octanol–water partition coefficient (Wildman–Crippen LogP) is 4.50. The molecule has 0 heterocycles. The minimum atomic E-state index is -0.296. The van der Waals surface area contributed by atoms with Crippen LogP contribution >= 0.6 is 0 Å². The summed E-state index contributed by atoms with van der Waals surface area (Å²) >= 11 is 0. The molecule has 0 fully saturated rings. The van der Waals surface area contributed by atoms with Gasteiger partial charge in [0.1, 0.15) is 5.82 Å². The van der Waals surface area contributed by atoms with Crippen molar-refractivity contribution in [2.75, 3.05) is 11.4 Å². The second kappa shape index (κ2) is 7.63. The topological polar surface area (TPSA) is 29.3 Å². The van der Waals surface area contributed by atoms with Crippen molar-refractivity contribution >= 4 is 5.69 Å². The Hall–Kier alpha value is -1.09. The Morgan fingerprint density at radius 3 is 2.20 bits per heavy atom. The molecule has 0 aliphatic heterocycles. The van der Waals surface area contributed by atoms with Gasteiger partial charge in [-0.05, 0) is 37.8 Å². The van der Waals surface area contributed by atoms with Gasteiger partial charge in [0.15, 0.2) is 0 Å².